The van der Waals surface area contributed by atoms with Gasteiger partial charge < -0.3 is 5.73 Å². The van der Waals surface area contributed by atoms with Gasteiger partial charge in [-0.2, -0.15) is 5.10 Å². The molecule has 0 aliphatic heterocycles. The topological polar surface area (TPSA) is 41.6 Å². The lowest BCUT2D eigenvalue weighted by atomic mass is 10.1. The van der Waals surface area contributed by atoms with Crippen molar-refractivity contribution in [2.75, 3.05) is 12.9 Å². The summed E-state index contributed by atoms with van der Waals surface area (Å²) in [5, 5.41) is 6.17. The Bertz CT molecular complexity index is 392. The number of benzene rings is 1. The molecule has 0 unspecified atom stereocenters. The quantitative estimate of drug-likeness (QED) is 0.387. The van der Waals surface area contributed by atoms with Gasteiger partial charge in [0.05, 0.1) is 5.71 Å². The Balaban J connectivity index is 2.91. The number of hydrogen-bond donors (Lipinski definition) is 1. The van der Waals surface area contributed by atoms with E-state index >= 15 is 0 Å². The van der Waals surface area contributed by atoms with Crippen LogP contribution in [0.3, 0.4) is 0 Å². The molecule has 0 aromatic heterocycles. The molecule has 1 aromatic rings. The minimum atomic E-state index is 0.254. The lowest BCUT2D eigenvalue weighted by molar-refractivity contribution is 0.546. The fourth-order valence-corrected chi connectivity index (χ4v) is 1.52. The van der Waals surface area contributed by atoms with Gasteiger partial charge in [-0.15, -0.1) is 11.6 Å². The summed E-state index contributed by atoms with van der Waals surface area (Å²) < 4.78 is 0. The summed E-state index contributed by atoms with van der Waals surface area (Å²) in [6.45, 7) is 0. The molecule has 0 fully saturated rings. The molecule has 0 aliphatic carbocycles. The maximum Gasteiger partial charge on any atom is 0.186 e. The molecule has 0 heterocycles. The Morgan fingerprint density at radius 1 is 1.41 bits per heavy atom. The van der Waals surface area contributed by atoms with E-state index in [9.17, 15) is 0 Å². The van der Waals surface area contributed by atoms with E-state index in [2.05, 4.69) is 5.10 Å². The van der Waals surface area contributed by atoms with E-state index in [0.29, 0.717) is 5.88 Å². The van der Waals surface area contributed by atoms with Crippen LogP contribution in [-0.2, 0) is 0 Å². The summed E-state index contributed by atoms with van der Waals surface area (Å²) in [5.74, 6) is 0.614. The molecule has 0 saturated carbocycles. The summed E-state index contributed by atoms with van der Waals surface area (Å²) in [6.07, 6.45) is 1.68. The van der Waals surface area contributed by atoms with Crippen molar-refractivity contribution in [3.05, 3.63) is 35.9 Å². The van der Waals surface area contributed by atoms with Crippen LogP contribution < -0.4 is 5.73 Å². The highest BCUT2D eigenvalue weighted by Crippen LogP contribution is 2.08. The van der Waals surface area contributed by atoms with Crippen LogP contribution in [-0.4, -0.2) is 28.8 Å². The fourth-order valence-electron chi connectivity index (χ4n) is 1.35. The molecule has 0 aliphatic rings. The standard InChI is InChI=1S/C12H16ClN3S/c1-16(12(14)17)15-11(8-5-9-13)10-6-3-2-4-7-10/h2-4,6-7H,5,8-9H2,1H3,(H2,14,17)/b15-11+. The van der Waals surface area contributed by atoms with Crippen LogP contribution in [0.5, 0.6) is 0 Å². The molecule has 0 saturated heterocycles. The average Bonchev–Trinajstić information content (AvgIpc) is 2.35. The van der Waals surface area contributed by atoms with Gasteiger partial charge in [-0.05, 0) is 30.6 Å². The normalized spacial score (nSPS) is 11.3. The maximum absolute atomic E-state index is 5.71. The molecule has 0 spiro atoms. The van der Waals surface area contributed by atoms with Crippen molar-refractivity contribution in [2.24, 2.45) is 10.8 Å². The second-order valence-electron chi connectivity index (χ2n) is 3.57. The molecule has 0 bridgehead atoms. The number of halogens is 1. The molecular weight excluding hydrogens is 254 g/mol. The van der Waals surface area contributed by atoms with Crippen LogP contribution in [0.25, 0.3) is 0 Å². The number of thiocarbonyl (C=S) groups is 1. The molecule has 0 amide bonds. The maximum atomic E-state index is 5.71. The van der Waals surface area contributed by atoms with E-state index in [4.69, 9.17) is 29.6 Å². The lowest BCUT2D eigenvalue weighted by Gasteiger charge is -2.13. The van der Waals surface area contributed by atoms with Crippen molar-refractivity contribution in [2.45, 2.75) is 12.8 Å². The predicted molar refractivity (Wildman–Crippen MR) is 77.5 cm³/mol. The smallest absolute Gasteiger partial charge is 0.186 e. The first kappa shape index (κ1) is 13.9. The van der Waals surface area contributed by atoms with Crippen molar-refractivity contribution in [1.29, 1.82) is 0 Å². The largest absolute Gasteiger partial charge is 0.375 e. The zero-order valence-electron chi connectivity index (χ0n) is 9.77. The third-order valence-electron chi connectivity index (χ3n) is 2.24. The zero-order valence-corrected chi connectivity index (χ0v) is 11.3. The Hall–Kier alpha value is -1.13. The van der Waals surface area contributed by atoms with Gasteiger partial charge in [-0.25, -0.2) is 5.01 Å². The molecule has 3 nitrogen and oxygen atoms in total. The van der Waals surface area contributed by atoms with Crippen molar-refractivity contribution in [1.82, 2.24) is 5.01 Å². The number of nitrogens with zero attached hydrogens (tertiary/aromatic N) is 2. The molecule has 2 N–H and O–H groups in total. The molecule has 1 rings (SSSR count). The highest BCUT2D eigenvalue weighted by molar-refractivity contribution is 7.80. The summed E-state index contributed by atoms with van der Waals surface area (Å²) in [5.41, 5.74) is 7.53. The van der Waals surface area contributed by atoms with Crippen molar-refractivity contribution in [3.63, 3.8) is 0 Å². The molecule has 92 valence electrons. The second kappa shape index (κ2) is 7.25. The van der Waals surface area contributed by atoms with Gasteiger partial charge in [0.25, 0.3) is 0 Å². The number of alkyl halides is 1. The molecule has 17 heavy (non-hydrogen) atoms. The first-order chi connectivity index (χ1) is 8.15. The van der Waals surface area contributed by atoms with Gasteiger partial charge in [-0.3, -0.25) is 0 Å². The van der Waals surface area contributed by atoms with Gasteiger partial charge >= 0.3 is 0 Å². The van der Waals surface area contributed by atoms with E-state index in [1.54, 1.807) is 7.05 Å². The third kappa shape index (κ3) is 4.71. The minimum Gasteiger partial charge on any atom is -0.375 e. The highest BCUT2D eigenvalue weighted by atomic mass is 35.5. The van der Waals surface area contributed by atoms with Gasteiger partial charge in [0.15, 0.2) is 5.11 Å². The third-order valence-corrected chi connectivity index (χ3v) is 2.78. The van der Waals surface area contributed by atoms with E-state index in [0.717, 1.165) is 24.1 Å². The number of nitrogens with two attached hydrogens (primary N) is 1. The predicted octanol–water partition coefficient (Wildman–Crippen LogP) is 2.59. The van der Waals surface area contributed by atoms with Crippen LogP contribution >= 0.6 is 23.8 Å². The van der Waals surface area contributed by atoms with Crippen LogP contribution in [0.1, 0.15) is 18.4 Å². The van der Waals surface area contributed by atoms with Crippen LogP contribution in [0.2, 0.25) is 0 Å². The van der Waals surface area contributed by atoms with E-state index in [1.807, 2.05) is 30.3 Å². The lowest BCUT2D eigenvalue weighted by Crippen LogP contribution is -2.28. The Morgan fingerprint density at radius 3 is 2.59 bits per heavy atom. The van der Waals surface area contributed by atoms with Crippen molar-refractivity contribution in [3.8, 4) is 0 Å². The molecule has 5 heteroatoms. The van der Waals surface area contributed by atoms with Gasteiger partial charge in [0.2, 0.25) is 0 Å². The minimum absolute atomic E-state index is 0.254. The first-order valence-electron chi connectivity index (χ1n) is 5.37. The highest BCUT2D eigenvalue weighted by Gasteiger charge is 2.05. The summed E-state index contributed by atoms with van der Waals surface area (Å²) in [6, 6.07) is 9.96. The number of rotatable bonds is 5. The molecule has 0 radical (unpaired) electrons. The van der Waals surface area contributed by atoms with Gasteiger partial charge in [0.1, 0.15) is 0 Å². The summed E-state index contributed by atoms with van der Waals surface area (Å²) >= 11 is 10.6. The van der Waals surface area contributed by atoms with E-state index in [1.165, 1.54) is 5.01 Å². The van der Waals surface area contributed by atoms with Crippen LogP contribution in [0.15, 0.2) is 35.4 Å². The Labute approximate surface area is 112 Å². The van der Waals surface area contributed by atoms with Gasteiger partial charge in [0, 0.05) is 12.9 Å². The zero-order chi connectivity index (χ0) is 12.7. The van der Waals surface area contributed by atoms with Crippen molar-refractivity contribution < 1.29 is 0 Å². The summed E-state index contributed by atoms with van der Waals surface area (Å²) in [4.78, 5) is 0. The number of hydrazone groups is 1. The van der Waals surface area contributed by atoms with Crippen LogP contribution in [0.4, 0.5) is 0 Å². The Morgan fingerprint density at radius 2 is 2.06 bits per heavy atom. The van der Waals surface area contributed by atoms with E-state index < -0.39 is 0 Å². The first-order valence-corrected chi connectivity index (χ1v) is 6.31. The number of hydrogen-bond acceptors (Lipinski definition) is 2. The summed E-state index contributed by atoms with van der Waals surface area (Å²) in [7, 11) is 1.74. The van der Waals surface area contributed by atoms with Gasteiger partial charge in [-0.1, -0.05) is 30.3 Å². The molecule has 1 aromatic carbocycles. The van der Waals surface area contributed by atoms with E-state index in [-0.39, 0.29) is 5.11 Å². The SMILES string of the molecule is CN(/N=C(\CCCCl)c1ccccc1)C(N)=S. The molecular formula is C12H16ClN3S. The monoisotopic (exact) mass is 269 g/mol. The second-order valence-corrected chi connectivity index (χ2v) is 4.36. The van der Waals surface area contributed by atoms with Crippen LogP contribution in [0, 0.1) is 0 Å². The van der Waals surface area contributed by atoms with Crippen molar-refractivity contribution >= 4 is 34.6 Å². The molecule has 0 atom stereocenters. The average molecular weight is 270 g/mol. The fraction of sp³-hybridized carbons (Fsp3) is 0.333. The Kier molecular flexibility index (Phi) is 5.94.